The first-order chi connectivity index (χ1) is 10.3. The van der Waals surface area contributed by atoms with Crippen molar-refractivity contribution in [3.05, 3.63) is 0 Å². The number of nitrogens with two attached hydrogens (primary N) is 2. The van der Waals surface area contributed by atoms with Crippen molar-refractivity contribution in [1.82, 2.24) is 5.32 Å². The highest BCUT2D eigenvalue weighted by Gasteiger charge is 2.72. The second-order valence-corrected chi connectivity index (χ2v) is 6.25. The molecule has 22 heavy (non-hydrogen) atoms. The molecule has 124 valence electrons. The molecule has 0 saturated heterocycles. The lowest BCUT2D eigenvalue weighted by Crippen LogP contribution is -2.59. The number of amides is 1. The number of unbranched alkanes of at least 4 members (excludes halogenated alkanes) is 1. The molecule has 0 spiro atoms. The Hall–Kier alpha value is -1.67. The molecule has 0 unspecified atom stereocenters. The molecule has 0 aromatic carbocycles. The predicted molar refractivity (Wildman–Crippen MR) is 76.7 cm³/mol. The van der Waals surface area contributed by atoms with Crippen LogP contribution in [-0.4, -0.2) is 46.2 Å². The minimum absolute atomic E-state index is 0.164. The van der Waals surface area contributed by atoms with E-state index in [1.54, 1.807) is 0 Å². The Morgan fingerprint density at radius 2 is 1.95 bits per heavy atom. The second kappa shape index (κ2) is 6.21. The zero-order valence-corrected chi connectivity index (χ0v) is 12.3. The fourth-order valence-electron chi connectivity index (χ4n) is 3.70. The number of carbonyl (C=O) groups is 3. The summed E-state index contributed by atoms with van der Waals surface area (Å²) in [6, 6.07) is -0.802. The number of hydrogen-bond donors (Lipinski definition) is 5. The number of carbonyl (C=O) groups excluding carboxylic acids is 1. The number of carboxylic acids is 2. The normalized spacial score (nSPS) is 33.8. The van der Waals surface area contributed by atoms with Gasteiger partial charge in [0.2, 0.25) is 5.91 Å². The number of fused-ring (bicyclic) bond motifs is 1. The average molecular weight is 313 g/mol. The molecule has 0 radical (unpaired) electrons. The molecule has 8 nitrogen and oxygen atoms in total. The van der Waals surface area contributed by atoms with Gasteiger partial charge in [-0.2, -0.15) is 0 Å². The minimum atomic E-state index is -1.49. The third-order valence-corrected chi connectivity index (χ3v) is 4.93. The van der Waals surface area contributed by atoms with Gasteiger partial charge in [0.15, 0.2) is 0 Å². The van der Waals surface area contributed by atoms with Gasteiger partial charge in [0.1, 0.15) is 5.54 Å². The van der Waals surface area contributed by atoms with Crippen LogP contribution in [0, 0.1) is 17.8 Å². The van der Waals surface area contributed by atoms with Gasteiger partial charge < -0.3 is 27.0 Å². The molecule has 2 aliphatic rings. The molecule has 0 heterocycles. The van der Waals surface area contributed by atoms with E-state index in [4.69, 9.17) is 16.6 Å². The Labute approximate surface area is 128 Å². The molecular formula is C14H23N3O5. The van der Waals surface area contributed by atoms with Crippen LogP contribution < -0.4 is 16.8 Å². The van der Waals surface area contributed by atoms with Gasteiger partial charge in [0.05, 0.1) is 12.0 Å². The van der Waals surface area contributed by atoms with Crippen LogP contribution in [0.2, 0.25) is 0 Å². The number of nitrogens with one attached hydrogen (secondary N) is 1. The summed E-state index contributed by atoms with van der Waals surface area (Å²) in [6.07, 6.45) is 2.61. The summed E-state index contributed by atoms with van der Waals surface area (Å²) in [5.74, 6) is -4.09. The quantitative estimate of drug-likeness (QED) is 0.364. The summed E-state index contributed by atoms with van der Waals surface area (Å²) in [5.41, 5.74) is 9.67. The van der Waals surface area contributed by atoms with Crippen LogP contribution >= 0.6 is 0 Å². The highest BCUT2D eigenvalue weighted by molar-refractivity contribution is 5.92. The zero-order valence-electron chi connectivity index (χ0n) is 12.3. The van der Waals surface area contributed by atoms with E-state index in [0.29, 0.717) is 25.8 Å². The van der Waals surface area contributed by atoms with Crippen molar-refractivity contribution in [2.75, 3.05) is 6.54 Å². The largest absolute Gasteiger partial charge is 0.481 e. The SMILES string of the molecule is NCCCC[C@H](N)C(=O)N[C@@]1(C(=O)O)CC[C@H]2[C@H](C(=O)O)[C@H]21. The van der Waals surface area contributed by atoms with Crippen LogP contribution in [0.25, 0.3) is 0 Å². The molecule has 7 N–H and O–H groups in total. The topological polar surface area (TPSA) is 156 Å². The zero-order chi connectivity index (χ0) is 16.5. The first kappa shape index (κ1) is 16.7. The molecule has 0 bridgehead atoms. The van der Waals surface area contributed by atoms with Gasteiger partial charge in [0, 0.05) is 5.92 Å². The third kappa shape index (κ3) is 2.80. The summed E-state index contributed by atoms with van der Waals surface area (Å²) >= 11 is 0. The molecule has 2 saturated carbocycles. The standard InChI is InChI=1S/C14H23N3O5/c15-6-2-1-3-8(16)11(18)17-14(13(21)22)5-4-7-9(10(7)14)12(19)20/h7-10H,1-6,15-16H2,(H,17,18)(H,19,20)(H,21,22)/t7-,8-,9-,10-,14-/m0/s1. The van der Waals surface area contributed by atoms with Crippen LogP contribution in [0.15, 0.2) is 0 Å². The van der Waals surface area contributed by atoms with E-state index in [1.807, 2.05) is 0 Å². The maximum absolute atomic E-state index is 12.2. The number of rotatable bonds is 8. The van der Waals surface area contributed by atoms with E-state index < -0.39 is 41.3 Å². The fraction of sp³-hybridized carbons (Fsp3) is 0.786. The average Bonchev–Trinajstić information content (AvgIpc) is 3.08. The highest BCUT2D eigenvalue weighted by Crippen LogP contribution is 2.62. The molecule has 5 atom stereocenters. The Morgan fingerprint density at radius 1 is 1.27 bits per heavy atom. The van der Waals surface area contributed by atoms with E-state index in [0.717, 1.165) is 6.42 Å². The van der Waals surface area contributed by atoms with Gasteiger partial charge >= 0.3 is 11.9 Å². The van der Waals surface area contributed by atoms with Crippen molar-refractivity contribution in [1.29, 1.82) is 0 Å². The van der Waals surface area contributed by atoms with Crippen molar-refractivity contribution < 1.29 is 24.6 Å². The maximum Gasteiger partial charge on any atom is 0.329 e. The van der Waals surface area contributed by atoms with Crippen LogP contribution in [0.1, 0.15) is 32.1 Å². The smallest absolute Gasteiger partial charge is 0.329 e. The Kier molecular flexibility index (Phi) is 4.72. The Morgan fingerprint density at radius 3 is 2.45 bits per heavy atom. The first-order valence-corrected chi connectivity index (χ1v) is 7.59. The Bertz CT molecular complexity index is 483. The highest BCUT2D eigenvalue weighted by atomic mass is 16.4. The van der Waals surface area contributed by atoms with E-state index >= 15 is 0 Å². The summed E-state index contributed by atoms with van der Waals surface area (Å²) in [6.45, 7) is 0.511. The van der Waals surface area contributed by atoms with Crippen LogP contribution in [0.4, 0.5) is 0 Å². The summed E-state index contributed by atoms with van der Waals surface area (Å²) in [7, 11) is 0. The molecule has 2 fully saturated rings. The van der Waals surface area contributed by atoms with Gasteiger partial charge in [-0.3, -0.25) is 9.59 Å². The monoisotopic (exact) mass is 313 g/mol. The molecule has 1 amide bonds. The second-order valence-electron chi connectivity index (χ2n) is 6.25. The lowest BCUT2D eigenvalue weighted by atomic mass is 9.89. The summed E-state index contributed by atoms with van der Waals surface area (Å²) in [5, 5.41) is 21.2. The molecular weight excluding hydrogens is 290 g/mol. The van der Waals surface area contributed by atoms with E-state index in [2.05, 4.69) is 5.32 Å². The lowest BCUT2D eigenvalue weighted by molar-refractivity contribution is -0.150. The van der Waals surface area contributed by atoms with E-state index in [-0.39, 0.29) is 12.3 Å². The van der Waals surface area contributed by atoms with Gasteiger partial charge in [-0.25, -0.2) is 4.79 Å². The van der Waals surface area contributed by atoms with Crippen molar-refractivity contribution >= 4 is 17.8 Å². The fourth-order valence-corrected chi connectivity index (χ4v) is 3.70. The number of aliphatic carboxylic acids is 2. The third-order valence-electron chi connectivity index (χ3n) is 4.93. The van der Waals surface area contributed by atoms with E-state index in [1.165, 1.54) is 0 Å². The van der Waals surface area contributed by atoms with Crippen LogP contribution in [0.5, 0.6) is 0 Å². The summed E-state index contributed by atoms with van der Waals surface area (Å²) in [4.78, 5) is 35.0. The van der Waals surface area contributed by atoms with Crippen molar-refractivity contribution in [2.45, 2.75) is 43.7 Å². The molecule has 8 heteroatoms. The summed E-state index contributed by atoms with van der Waals surface area (Å²) < 4.78 is 0. The van der Waals surface area contributed by atoms with Crippen LogP contribution in [-0.2, 0) is 14.4 Å². The number of hydrogen-bond acceptors (Lipinski definition) is 5. The van der Waals surface area contributed by atoms with Crippen molar-refractivity contribution in [3.8, 4) is 0 Å². The van der Waals surface area contributed by atoms with Gasteiger partial charge in [-0.15, -0.1) is 0 Å². The molecule has 0 aliphatic heterocycles. The minimum Gasteiger partial charge on any atom is -0.481 e. The Balaban J connectivity index is 2.03. The molecule has 2 aliphatic carbocycles. The number of carboxylic acid groups (broad SMARTS) is 2. The molecule has 0 aromatic rings. The maximum atomic E-state index is 12.2. The van der Waals surface area contributed by atoms with Crippen LogP contribution in [0.3, 0.4) is 0 Å². The van der Waals surface area contributed by atoms with E-state index in [9.17, 15) is 19.5 Å². The van der Waals surface area contributed by atoms with Gasteiger partial charge in [-0.1, -0.05) is 6.42 Å². The van der Waals surface area contributed by atoms with Gasteiger partial charge in [0.25, 0.3) is 0 Å². The van der Waals surface area contributed by atoms with Crippen molar-refractivity contribution in [2.24, 2.45) is 29.2 Å². The first-order valence-electron chi connectivity index (χ1n) is 7.59. The molecule has 0 aromatic heterocycles. The predicted octanol–water partition coefficient (Wildman–Crippen LogP) is -0.877. The van der Waals surface area contributed by atoms with Crippen molar-refractivity contribution in [3.63, 3.8) is 0 Å². The van der Waals surface area contributed by atoms with Gasteiger partial charge in [-0.05, 0) is 38.1 Å². The molecule has 2 rings (SSSR count). The lowest BCUT2D eigenvalue weighted by Gasteiger charge is -2.29.